The first kappa shape index (κ1) is 18.2. The van der Waals surface area contributed by atoms with Crippen molar-refractivity contribution in [1.29, 1.82) is 5.41 Å². The summed E-state index contributed by atoms with van der Waals surface area (Å²) in [5.41, 5.74) is 8.94. The minimum Gasteiger partial charge on any atom is -0.384 e. The molecule has 144 valence electrons. The fraction of sp³-hybridized carbons (Fsp3) is 0.318. The minimum absolute atomic E-state index is 0.00806. The summed E-state index contributed by atoms with van der Waals surface area (Å²) in [6, 6.07) is 15.1. The molecule has 1 fully saturated rings. The summed E-state index contributed by atoms with van der Waals surface area (Å²) < 4.78 is 0. The maximum Gasteiger partial charge on any atom is 0.253 e. The van der Waals surface area contributed by atoms with E-state index in [0.717, 1.165) is 24.9 Å². The van der Waals surface area contributed by atoms with Crippen LogP contribution in [0, 0.1) is 5.41 Å². The van der Waals surface area contributed by atoms with Gasteiger partial charge in [0.1, 0.15) is 5.84 Å². The number of nitrogens with two attached hydrogens (primary N) is 1. The van der Waals surface area contributed by atoms with Crippen molar-refractivity contribution in [2.75, 3.05) is 18.0 Å². The molecule has 0 bridgehead atoms. The van der Waals surface area contributed by atoms with Gasteiger partial charge in [0.15, 0.2) is 0 Å². The van der Waals surface area contributed by atoms with Crippen LogP contribution in [0.25, 0.3) is 0 Å². The average Bonchev–Trinajstić information content (AvgIpc) is 2.73. The first-order valence-corrected chi connectivity index (χ1v) is 9.68. The highest BCUT2D eigenvalue weighted by atomic mass is 16.2. The van der Waals surface area contributed by atoms with Gasteiger partial charge in [0.2, 0.25) is 5.91 Å². The Bertz CT molecular complexity index is 914. The third-order valence-corrected chi connectivity index (χ3v) is 5.69. The lowest BCUT2D eigenvalue weighted by molar-refractivity contribution is -0.119. The number of amidine groups is 1. The lowest BCUT2D eigenvalue weighted by Crippen LogP contribution is -2.50. The normalized spacial score (nSPS) is 17.4. The van der Waals surface area contributed by atoms with Crippen LogP contribution in [0.2, 0.25) is 0 Å². The summed E-state index contributed by atoms with van der Waals surface area (Å²) in [5, 5.41) is 7.45. The van der Waals surface area contributed by atoms with Crippen LogP contribution in [0.1, 0.15) is 40.7 Å². The lowest BCUT2D eigenvalue weighted by Gasteiger charge is -2.41. The maximum atomic E-state index is 12.8. The third kappa shape index (κ3) is 3.38. The number of fused-ring (bicyclic) bond motifs is 1. The number of anilines is 1. The van der Waals surface area contributed by atoms with E-state index in [9.17, 15) is 9.59 Å². The zero-order chi connectivity index (χ0) is 19.7. The highest BCUT2D eigenvalue weighted by Crippen LogP contribution is 2.32. The molecule has 0 aliphatic carbocycles. The number of piperidine rings is 1. The largest absolute Gasteiger partial charge is 0.384 e. The van der Waals surface area contributed by atoms with Crippen LogP contribution in [-0.2, 0) is 11.2 Å². The van der Waals surface area contributed by atoms with E-state index in [1.54, 1.807) is 24.3 Å². The number of nitrogens with one attached hydrogen (secondary N) is 1. The van der Waals surface area contributed by atoms with Gasteiger partial charge in [0, 0.05) is 42.4 Å². The molecule has 2 aromatic carbocycles. The summed E-state index contributed by atoms with van der Waals surface area (Å²) in [6.45, 7) is 1.26. The molecule has 2 aliphatic rings. The topological polar surface area (TPSA) is 90.5 Å². The van der Waals surface area contributed by atoms with Crippen molar-refractivity contribution in [2.24, 2.45) is 5.73 Å². The van der Waals surface area contributed by atoms with Gasteiger partial charge in [-0.25, -0.2) is 0 Å². The van der Waals surface area contributed by atoms with Crippen molar-refractivity contribution in [3.05, 3.63) is 65.2 Å². The molecule has 2 aromatic rings. The molecule has 0 saturated carbocycles. The fourth-order valence-corrected chi connectivity index (χ4v) is 4.16. The Labute approximate surface area is 164 Å². The SMILES string of the molecule is N=C(N)c1ccc(C(=O)N2CCC(N3C(=O)CCc4ccccc43)CC2)cc1. The average molecular weight is 376 g/mol. The number of carbonyl (C=O) groups is 2. The van der Waals surface area contributed by atoms with Crippen LogP contribution in [0.15, 0.2) is 48.5 Å². The second-order valence-corrected chi connectivity index (χ2v) is 7.41. The van der Waals surface area contributed by atoms with E-state index in [-0.39, 0.29) is 23.7 Å². The molecular formula is C22H24N4O2. The van der Waals surface area contributed by atoms with Crippen LogP contribution in [0.5, 0.6) is 0 Å². The third-order valence-electron chi connectivity index (χ3n) is 5.69. The van der Waals surface area contributed by atoms with Crippen molar-refractivity contribution in [2.45, 2.75) is 31.7 Å². The van der Waals surface area contributed by atoms with E-state index >= 15 is 0 Å². The summed E-state index contributed by atoms with van der Waals surface area (Å²) in [6.07, 6.45) is 2.91. The molecule has 28 heavy (non-hydrogen) atoms. The quantitative estimate of drug-likeness (QED) is 0.637. The molecule has 2 heterocycles. The number of aryl methyl sites for hydroxylation is 1. The maximum absolute atomic E-state index is 12.8. The molecule has 0 spiro atoms. The van der Waals surface area contributed by atoms with Crippen molar-refractivity contribution in [3.63, 3.8) is 0 Å². The predicted molar refractivity (Wildman–Crippen MR) is 109 cm³/mol. The Balaban J connectivity index is 1.44. The fourth-order valence-electron chi connectivity index (χ4n) is 4.16. The van der Waals surface area contributed by atoms with Gasteiger partial charge in [-0.15, -0.1) is 0 Å². The first-order chi connectivity index (χ1) is 13.5. The Morgan fingerprint density at radius 2 is 1.61 bits per heavy atom. The second-order valence-electron chi connectivity index (χ2n) is 7.41. The van der Waals surface area contributed by atoms with Gasteiger partial charge in [0.25, 0.3) is 5.91 Å². The van der Waals surface area contributed by atoms with Gasteiger partial charge >= 0.3 is 0 Å². The molecule has 2 amide bonds. The van der Waals surface area contributed by atoms with Gasteiger partial charge in [0.05, 0.1) is 0 Å². The summed E-state index contributed by atoms with van der Waals surface area (Å²) in [4.78, 5) is 29.2. The van der Waals surface area contributed by atoms with E-state index < -0.39 is 0 Å². The number of hydrogen-bond donors (Lipinski definition) is 2. The number of rotatable bonds is 3. The smallest absolute Gasteiger partial charge is 0.253 e. The van der Waals surface area contributed by atoms with Crippen LogP contribution in [0.4, 0.5) is 5.69 Å². The van der Waals surface area contributed by atoms with Gasteiger partial charge in [-0.05, 0) is 43.0 Å². The molecule has 4 rings (SSSR count). The number of benzene rings is 2. The van der Waals surface area contributed by atoms with Crippen LogP contribution in [0.3, 0.4) is 0 Å². The van der Waals surface area contributed by atoms with Gasteiger partial charge in [-0.3, -0.25) is 15.0 Å². The van der Waals surface area contributed by atoms with E-state index in [1.807, 2.05) is 28.0 Å². The molecule has 6 heteroatoms. The molecule has 3 N–H and O–H groups in total. The van der Waals surface area contributed by atoms with Crippen molar-refractivity contribution < 1.29 is 9.59 Å². The minimum atomic E-state index is -0.0149. The Kier molecular flexibility index (Phi) is 4.86. The number of hydrogen-bond acceptors (Lipinski definition) is 3. The molecule has 0 aromatic heterocycles. The Morgan fingerprint density at radius 1 is 0.964 bits per heavy atom. The van der Waals surface area contributed by atoms with Gasteiger partial charge < -0.3 is 15.5 Å². The number of amides is 2. The number of carbonyl (C=O) groups excluding carboxylic acids is 2. The zero-order valence-corrected chi connectivity index (χ0v) is 15.7. The predicted octanol–water partition coefficient (Wildman–Crippen LogP) is 2.55. The van der Waals surface area contributed by atoms with E-state index in [0.29, 0.717) is 30.6 Å². The van der Waals surface area contributed by atoms with E-state index in [2.05, 4.69) is 6.07 Å². The van der Waals surface area contributed by atoms with Gasteiger partial charge in [-0.1, -0.05) is 30.3 Å². The van der Waals surface area contributed by atoms with Crippen LogP contribution < -0.4 is 10.6 Å². The number of likely N-dealkylation sites (tertiary alicyclic amines) is 1. The molecule has 0 unspecified atom stereocenters. The standard InChI is InChI=1S/C22H24N4O2/c23-21(24)16-5-7-17(8-6-16)22(28)25-13-11-18(12-14-25)26-19-4-2-1-3-15(19)9-10-20(26)27/h1-8,18H,9-14H2,(H3,23,24). The van der Waals surface area contributed by atoms with Crippen molar-refractivity contribution in [3.8, 4) is 0 Å². The Morgan fingerprint density at radius 3 is 2.29 bits per heavy atom. The molecule has 6 nitrogen and oxygen atoms in total. The molecule has 0 atom stereocenters. The number of nitrogens with zero attached hydrogens (tertiary/aromatic N) is 2. The number of para-hydroxylation sites is 1. The first-order valence-electron chi connectivity index (χ1n) is 9.68. The highest BCUT2D eigenvalue weighted by Gasteiger charge is 2.33. The number of nitrogen functional groups attached to an aromatic ring is 1. The molecular weight excluding hydrogens is 352 g/mol. The summed E-state index contributed by atoms with van der Waals surface area (Å²) in [7, 11) is 0. The molecule has 0 radical (unpaired) electrons. The summed E-state index contributed by atoms with van der Waals surface area (Å²) >= 11 is 0. The van der Waals surface area contributed by atoms with Crippen molar-refractivity contribution in [1.82, 2.24) is 4.90 Å². The zero-order valence-electron chi connectivity index (χ0n) is 15.7. The molecule has 1 saturated heterocycles. The van der Waals surface area contributed by atoms with Gasteiger partial charge in [-0.2, -0.15) is 0 Å². The van der Waals surface area contributed by atoms with Crippen LogP contribution >= 0.6 is 0 Å². The lowest BCUT2D eigenvalue weighted by atomic mass is 9.95. The molecule has 2 aliphatic heterocycles. The Hall–Kier alpha value is -3.15. The summed E-state index contributed by atoms with van der Waals surface area (Å²) in [5.74, 6) is 0.161. The van der Waals surface area contributed by atoms with E-state index in [1.165, 1.54) is 5.56 Å². The highest BCUT2D eigenvalue weighted by molar-refractivity contribution is 5.99. The van der Waals surface area contributed by atoms with E-state index in [4.69, 9.17) is 11.1 Å². The van der Waals surface area contributed by atoms with Crippen LogP contribution in [-0.4, -0.2) is 41.7 Å². The monoisotopic (exact) mass is 376 g/mol. The second kappa shape index (κ2) is 7.46. The van der Waals surface area contributed by atoms with Crippen molar-refractivity contribution >= 4 is 23.3 Å².